The second kappa shape index (κ2) is 4.15. The molecule has 0 spiro atoms. The standard InChI is InChI=1S/C12H13Br2NO/c1-12(2)6-10(12)15-11(16)8-5-7(13)3-4-9(8)14/h3-5,10H,6H2,1-2H3,(H,15,16). The van der Waals surface area contributed by atoms with Gasteiger partial charge in [-0.05, 0) is 46.0 Å². The first-order chi connectivity index (χ1) is 7.40. The summed E-state index contributed by atoms with van der Waals surface area (Å²) in [6, 6.07) is 5.92. The maximum Gasteiger partial charge on any atom is 0.252 e. The fourth-order valence-corrected chi connectivity index (χ4v) is 2.41. The van der Waals surface area contributed by atoms with Gasteiger partial charge in [0.2, 0.25) is 0 Å². The van der Waals surface area contributed by atoms with Crippen LogP contribution >= 0.6 is 31.9 Å². The minimum Gasteiger partial charge on any atom is -0.349 e. The Morgan fingerprint density at radius 1 is 1.44 bits per heavy atom. The number of benzene rings is 1. The molecule has 2 nitrogen and oxygen atoms in total. The van der Waals surface area contributed by atoms with E-state index in [-0.39, 0.29) is 11.3 Å². The van der Waals surface area contributed by atoms with Gasteiger partial charge in [-0.15, -0.1) is 0 Å². The van der Waals surface area contributed by atoms with Crippen LogP contribution in [-0.2, 0) is 0 Å². The van der Waals surface area contributed by atoms with Crippen LogP contribution in [0.5, 0.6) is 0 Å². The van der Waals surface area contributed by atoms with Gasteiger partial charge in [0.05, 0.1) is 5.56 Å². The monoisotopic (exact) mass is 345 g/mol. The lowest BCUT2D eigenvalue weighted by Crippen LogP contribution is -2.28. The number of carbonyl (C=O) groups is 1. The third-order valence-electron chi connectivity index (χ3n) is 2.99. The van der Waals surface area contributed by atoms with Gasteiger partial charge in [-0.25, -0.2) is 0 Å². The summed E-state index contributed by atoms with van der Waals surface area (Å²) in [5.74, 6) is -0.0104. The quantitative estimate of drug-likeness (QED) is 0.868. The summed E-state index contributed by atoms with van der Waals surface area (Å²) in [6.45, 7) is 4.32. The first-order valence-corrected chi connectivity index (χ1v) is 6.75. The molecule has 0 bridgehead atoms. The van der Waals surface area contributed by atoms with Crippen molar-refractivity contribution in [1.82, 2.24) is 5.32 Å². The first-order valence-electron chi connectivity index (χ1n) is 5.16. The van der Waals surface area contributed by atoms with E-state index < -0.39 is 0 Å². The molecule has 16 heavy (non-hydrogen) atoms. The van der Waals surface area contributed by atoms with Gasteiger partial charge in [-0.1, -0.05) is 29.8 Å². The van der Waals surface area contributed by atoms with Crippen molar-refractivity contribution < 1.29 is 4.79 Å². The molecule has 1 N–H and O–H groups in total. The Bertz CT molecular complexity index is 443. The highest BCUT2D eigenvalue weighted by atomic mass is 79.9. The molecule has 1 amide bonds. The zero-order chi connectivity index (χ0) is 11.9. The minimum atomic E-state index is -0.0104. The number of carbonyl (C=O) groups excluding carboxylic acids is 1. The SMILES string of the molecule is CC1(C)CC1NC(=O)c1cc(Br)ccc1Br. The number of halogens is 2. The summed E-state index contributed by atoms with van der Waals surface area (Å²) in [5, 5.41) is 3.04. The number of hydrogen-bond donors (Lipinski definition) is 1. The van der Waals surface area contributed by atoms with Gasteiger partial charge in [0, 0.05) is 15.0 Å². The van der Waals surface area contributed by atoms with Crippen LogP contribution in [0.25, 0.3) is 0 Å². The number of hydrogen-bond acceptors (Lipinski definition) is 1. The number of rotatable bonds is 2. The Kier molecular flexibility index (Phi) is 3.14. The van der Waals surface area contributed by atoms with Crippen LogP contribution in [0, 0.1) is 5.41 Å². The van der Waals surface area contributed by atoms with E-state index in [9.17, 15) is 4.79 Å². The van der Waals surface area contributed by atoms with Gasteiger partial charge in [-0.2, -0.15) is 0 Å². The fourth-order valence-electron chi connectivity index (χ4n) is 1.62. The van der Waals surface area contributed by atoms with Gasteiger partial charge < -0.3 is 5.32 Å². The van der Waals surface area contributed by atoms with Gasteiger partial charge in [0.15, 0.2) is 0 Å². The van der Waals surface area contributed by atoms with Crippen LogP contribution in [0.15, 0.2) is 27.1 Å². The number of nitrogens with one attached hydrogen (secondary N) is 1. The van der Waals surface area contributed by atoms with E-state index in [1.807, 2.05) is 18.2 Å². The molecule has 86 valence electrons. The maximum absolute atomic E-state index is 12.0. The molecule has 1 aromatic rings. The van der Waals surface area contributed by atoms with Crippen LogP contribution in [0.4, 0.5) is 0 Å². The highest BCUT2D eigenvalue weighted by molar-refractivity contribution is 9.11. The molecule has 1 aromatic carbocycles. The largest absolute Gasteiger partial charge is 0.349 e. The first kappa shape index (κ1) is 12.1. The van der Waals surface area contributed by atoms with E-state index in [0.29, 0.717) is 11.6 Å². The molecule has 2 rings (SSSR count). The summed E-state index contributed by atoms with van der Waals surface area (Å²) in [4.78, 5) is 12.0. The lowest BCUT2D eigenvalue weighted by atomic mass is 10.1. The van der Waals surface area contributed by atoms with E-state index in [4.69, 9.17) is 0 Å². The molecule has 0 aromatic heterocycles. The average molecular weight is 347 g/mol. The van der Waals surface area contributed by atoms with Gasteiger partial charge in [0.1, 0.15) is 0 Å². The predicted octanol–water partition coefficient (Wildman–Crippen LogP) is 3.74. The van der Waals surface area contributed by atoms with Crippen LogP contribution in [0.3, 0.4) is 0 Å². The zero-order valence-electron chi connectivity index (χ0n) is 9.18. The Hall–Kier alpha value is -0.350. The molecule has 1 atom stereocenters. The summed E-state index contributed by atoms with van der Waals surface area (Å²) in [6.07, 6.45) is 1.06. The highest BCUT2D eigenvalue weighted by Gasteiger charge is 2.46. The van der Waals surface area contributed by atoms with Gasteiger partial charge >= 0.3 is 0 Å². The minimum absolute atomic E-state index is 0.0104. The topological polar surface area (TPSA) is 29.1 Å². The van der Waals surface area contributed by atoms with Crippen LogP contribution in [0.1, 0.15) is 30.6 Å². The van der Waals surface area contributed by atoms with Crippen molar-refractivity contribution >= 4 is 37.8 Å². The third kappa shape index (κ3) is 2.48. The van der Waals surface area contributed by atoms with E-state index in [1.165, 1.54) is 0 Å². The molecule has 1 aliphatic rings. The van der Waals surface area contributed by atoms with Crippen molar-refractivity contribution in [1.29, 1.82) is 0 Å². The summed E-state index contributed by atoms with van der Waals surface area (Å²) < 4.78 is 1.74. The Labute approximate surface area is 112 Å². The van der Waals surface area contributed by atoms with E-state index in [0.717, 1.165) is 15.4 Å². The van der Waals surface area contributed by atoms with Crippen LogP contribution in [-0.4, -0.2) is 11.9 Å². The second-order valence-corrected chi connectivity index (χ2v) is 6.61. The van der Waals surface area contributed by atoms with Crippen molar-refractivity contribution in [3.05, 3.63) is 32.7 Å². The molecule has 0 radical (unpaired) electrons. The third-order valence-corrected chi connectivity index (χ3v) is 4.18. The fraction of sp³-hybridized carbons (Fsp3) is 0.417. The molecule has 0 heterocycles. The van der Waals surface area contributed by atoms with Crippen molar-refractivity contribution in [2.24, 2.45) is 5.41 Å². The van der Waals surface area contributed by atoms with Crippen molar-refractivity contribution in [2.45, 2.75) is 26.3 Å². The maximum atomic E-state index is 12.0. The highest BCUT2D eigenvalue weighted by Crippen LogP contribution is 2.44. The molecular weight excluding hydrogens is 334 g/mol. The van der Waals surface area contributed by atoms with E-state index in [1.54, 1.807) is 0 Å². The molecule has 0 saturated heterocycles. The van der Waals surface area contributed by atoms with E-state index >= 15 is 0 Å². The van der Waals surface area contributed by atoms with Gasteiger partial charge in [-0.3, -0.25) is 4.79 Å². The molecule has 0 aliphatic heterocycles. The lowest BCUT2D eigenvalue weighted by Gasteiger charge is -2.08. The molecular formula is C12H13Br2NO. The lowest BCUT2D eigenvalue weighted by molar-refractivity contribution is 0.0945. The summed E-state index contributed by atoms with van der Waals surface area (Å²) in [7, 11) is 0. The van der Waals surface area contributed by atoms with Crippen molar-refractivity contribution in [3.63, 3.8) is 0 Å². The molecule has 1 fully saturated rings. The summed E-state index contributed by atoms with van der Waals surface area (Å²) >= 11 is 6.76. The summed E-state index contributed by atoms with van der Waals surface area (Å²) in [5.41, 5.74) is 0.936. The molecule has 4 heteroatoms. The van der Waals surface area contributed by atoms with Gasteiger partial charge in [0.25, 0.3) is 5.91 Å². The molecule has 1 unspecified atom stereocenters. The molecule has 1 aliphatic carbocycles. The average Bonchev–Trinajstić information content (AvgIpc) is 2.77. The normalized spacial score (nSPS) is 21.6. The predicted molar refractivity (Wildman–Crippen MR) is 71.5 cm³/mol. The van der Waals surface area contributed by atoms with Crippen LogP contribution < -0.4 is 5.32 Å². The smallest absolute Gasteiger partial charge is 0.252 e. The van der Waals surface area contributed by atoms with Crippen molar-refractivity contribution in [2.75, 3.05) is 0 Å². The Morgan fingerprint density at radius 2 is 2.06 bits per heavy atom. The second-order valence-electron chi connectivity index (χ2n) is 4.84. The molecule has 1 saturated carbocycles. The Balaban J connectivity index is 2.12. The number of amides is 1. The Morgan fingerprint density at radius 3 is 2.62 bits per heavy atom. The zero-order valence-corrected chi connectivity index (χ0v) is 12.4. The van der Waals surface area contributed by atoms with E-state index in [2.05, 4.69) is 51.0 Å². The van der Waals surface area contributed by atoms with Crippen LogP contribution in [0.2, 0.25) is 0 Å². The van der Waals surface area contributed by atoms with Crippen molar-refractivity contribution in [3.8, 4) is 0 Å².